The summed E-state index contributed by atoms with van der Waals surface area (Å²) in [4.78, 5) is 19.1. The number of hydrogen-bond donors (Lipinski definition) is 1. The number of carbonyl (C=O) groups is 1. The van der Waals surface area contributed by atoms with Gasteiger partial charge in [-0.1, -0.05) is 0 Å². The molecule has 0 saturated carbocycles. The van der Waals surface area contributed by atoms with Crippen molar-refractivity contribution in [1.29, 1.82) is 0 Å². The zero-order valence-corrected chi connectivity index (χ0v) is 12.1. The molecule has 2 saturated heterocycles. The van der Waals surface area contributed by atoms with E-state index < -0.39 is 0 Å². The van der Waals surface area contributed by atoms with E-state index in [1.165, 1.54) is 19.5 Å². The molecular formula is C16H19N3O2. The Morgan fingerprint density at radius 2 is 2.33 bits per heavy atom. The molecule has 2 aromatic heterocycles. The molecule has 5 heteroatoms. The van der Waals surface area contributed by atoms with Crippen molar-refractivity contribution in [2.75, 3.05) is 19.6 Å². The molecule has 3 unspecified atom stereocenters. The Morgan fingerprint density at radius 3 is 3.19 bits per heavy atom. The first-order valence-electron chi connectivity index (χ1n) is 7.57. The summed E-state index contributed by atoms with van der Waals surface area (Å²) < 4.78 is 5.56. The Hall–Kier alpha value is -1.88. The van der Waals surface area contributed by atoms with Crippen LogP contribution in [0.4, 0.5) is 0 Å². The van der Waals surface area contributed by atoms with Crippen LogP contribution in [0.2, 0.25) is 0 Å². The maximum atomic E-state index is 12.4. The lowest BCUT2D eigenvalue weighted by atomic mass is 9.97. The van der Waals surface area contributed by atoms with Gasteiger partial charge in [0.05, 0.1) is 0 Å². The van der Waals surface area contributed by atoms with E-state index in [9.17, 15) is 4.79 Å². The predicted molar refractivity (Wildman–Crippen MR) is 79.2 cm³/mol. The Morgan fingerprint density at radius 1 is 1.43 bits per heavy atom. The molecule has 0 radical (unpaired) electrons. The number of piperidine rings is 1. The minimum atomic E-state index is -0.0987. The largest absolute Gasteiger partial charge is 0.461 e. The molecule has 2 aromatic rings. The van der Waals surface area contributed by atoms with Crippen molar-refractivity contribution in [1.82, 2.24) is 15.2 Å². The quantitative estimate of drug-likeness (QED) is 0.916. The highest BCUT2D eigenvalue weighted by Gasteiger charge is 2.33. The Bertz CT molecular complexity index is 682. The number of fused-ring (bicyclic) bond motifs is 3. The summed E-state index contributed by atoms with van der Waals surface area (Å²) in [6.45, 7) is 5.23. The molecule has 110 valence electrons. The summed E-state index contributed by atoms with van der Waals surface area (Å²) in [5.74, 6) is 1.48. The number of nitrogens with zero attached hydrogens (tertiary/aromatic N) is 2. The van der Waals surface area contributed by atoms with Crippen LogP contribution in [0.25, 0.3) is 11.0 Å². The van der Waals surface area contributed by atoms with Gasteiger partial charge in [-0.15, -0.1) is 0 Å². The second-order valence-electron chi connectivity index (χ2n) is 6.28. The number of nitrogens with one attached hydrogen (secondary N) is 1. The van der Waals surface area contributed by atoms with Gasteiger partial charge in [-0.25, -0.2) is 0 Å². The van der Waals surface area contributed by atoms with Crippen molar-refractivity contribution in [2.24, 2.45) is 5.92 Å². The number of amides is 1. The van der Waals surface area contributed by atoms with E-state index in [1.807, 2.05) is 13.0 Å². The minimum Gasteiger partial charge on any atom is -0.461 e. The maximum Gasteiger partial charge on any atom is 0.270 e. The Balaban J connectivity index is 1.50. The molecule has 4 heterocycles. The zero-order chi connectivity index (χ0) is 14.4. The van der Waals surface area contributed by atoms with Crippen molar-refractivity contribution in [3.63, 3.8) is 0 Å². The molecule has 0 aliphatic carbocycles. The van der Waals surface area contributed by atoms with Crippen molar-refractivity contribution >= 4 is 16.9 Å². The van der Waals surface area contributed by atoms with Crippen molar-refractivity contribution in [3.05, 3.63) is 29.8 Å². The molecular weight excluding hydrogens is 266 g/mol. The van der Waals surface area contributed by atoms with E-state index in [4.69, 9.17) is 4.42 Å². The van der Waals surface area contributed by atoms with Crippen molar-refractivity contribution < 1.29 is 9.21 Å². The average molecular weight is 285 g/mol. The van der Waals surface area contributed by atoms with Crippen LogP contribution in [-0.4, -0.2) is 41.5 Å². The van der Waals surface area contributed by atoms with Crippen molar-refractivity contribution in [3.8, 4) is 0 Å². The highest BCUT2D eigenvalue weighted by atomic mass is 16.3. The normalized spacial score (nSPS) is 28.0. The van der Waals surface area contributed by atoms with E-state index >= 15 is 0 Å². The summed E-state index contributed by atoms with van der Waals surface area (Å²) in [7, 11) is 0. The lowest BCUT2D eigenvalue weighted by Gasteiger charge is -2.30. The van der Waals surface area contributed by atoms with Crippen LogP contribution >= 0.6 is 0 Å². The van der Waals surface area contributed by atoms with E-state index in [-0.39, 0.29) is 11.9 Å². The molecule has 2 aliphatic heterocycles. The first kappa shape index (κ1) is 12.8. The van der Waals surface area contributed by atoms with Gasteiger partial charge in [-0.2, -0.15) is 0 Å². The van der Waals surface area contributed by atoms with Crippen LogP contribution in [-0.2, 0) is 0 Å². The molecule has 3 atom stereocenters. The topological polar surface area (TPSA) is 58.4 Å². The van der Waals surface area contributed by atoms with Gasteiger partial charge in [0.2, 0.25) is 0 Å². The van der Waals surface area contributed by atoms with Crippen LogP contribution in [0.15, 0.2) is 22.7 Å². The first-order valence-corrected chi connectivity index (χ1v) is 7.57. The lowest BCUT2D eigenvalue weighted by molar-refractivity contribution is 0.0904. The molecule has 1 amide bonds. The van der Waals surface area contributed by atoms with Gasteiger partial charge >= 0.3 is 0 Å². The molecule has 1 N–H and O–H groups in total. The van der Waals surface area contributed by atoms with Gasteiger partial charge < -0.3 is 14.6 Å². The van der Waals surface area contributed by atoms with Crippen LogP contribution in [0, 0.1) is 12.8 Å². The molecule has 0 aromatic carbocycles. The number of carbonyl (C=O) groups excluding carboxylic acids is 1. The van der Waals surface area contributed by atoms with Gasteiger partial charge in [0, 0.05) is 36.8 Å². The Labute approximate surface area is 123 Å². The number of pyridine rings is 1. The fourth-order valence-electron chi connectivity index (χ4n) is 3.61. The zero-order valence-electron chi connectivity index (χ0n) is 12.1. The van der Waals surface area contributed by atoms with Crippen LogP contribution in [0.5, 0.6) is 0 Å². The number of hydrogen-bond acceptors (Lipinski definition) is 4. The number of rotatable bonds is 2. The molecule has 4 rings (SSSR count). The lowest BCUT2D eigenvalue weighted by Crippen LogP contribution is -2.47. The molecule has 0 spiro atoms. The summed E-state index contributed by atoms with van der Waals surface area (Å²) in [5, 5.41) is 4.06. The SMILES string of the molecule is Cc1cc2cnc(C(=O)NC3CC4CCN(C4)C3)cc2o1. The monoisotopic (exact) mass is 285 g/mol. The number of aryl methyl sites for hydroxylation is 1. The van der Waals surface area contributed by atoms with Crippen LogP contribution in [0.1, 0.15) is 29.1 Å². The standard InChI is InChI=1S/C16H19N3O2/c1-10-4-12-7-17-14(6-15(12)21-10)16(20)18-13-5-11-2-3-19(8-11)9-13/h4,6-7,11,13H,2-3,5,8-9H2,1H3,(H,18,20). The van der Waals surface area contributed by atoms with E-state index in [1.54, 1.807) is 12.3 Å². The maximum absolute atomic E-state index is 12.4. The van der Waals surface area contributed by atoms with Gasteiger partial charge in [-0.05, 0) is 38.3 Å². The fourth-order valence-corrected chi connectivity index (χ4v) is 3.61. The molecule has 2 fully saturated rings. The molecule has 2 bridgehead atoms. The van der Waals surface area contributed by atoms with Gasteiger partial charge in [-0.3, -0.25) is 9.78 Å². The average Bonchev–Trinajstić information content (AvgIpc) is 2.99. The van der Waals surface area contributed by atoms with E-state index in [0.29, 0.717) is 5.69 Å². The third kappa shape index (κ3) is 2.42. The number of aromatic nitrogens is 1. The second kappa shape index (κ2) is 4.84. The fraction of sp³-hybridized carbons (Fsp3) is 0.500. The van der Waals surface area contributed by atoms with Gasteiger partial charge in [0.25, 0.3) is 5.91 Å². The molecule has 5 nitrogen and oxygen atoms in total. The molecule has 2 aliphatic rings. The Kier molecular flexibility index (Phi) is 2.96. The summed E-state index contributed by atoms with van der Waals surface area (Å²) in [5.41, 5.74) is 1.16. The van der Waals surface area contributed by atoms with Gasteiger partial charge in [0.15, 0.2) is 0 Å². The first-order chi connectivity index (χ1) is 10.2. The highest BCUT2D eigenvalue weighted by Crippen LogP contribution is 2.27. The molecule has 21 heavy (non-hydrogen) atoms. The van der Waals surface area contributed by atoms with Gasteiger partial charge in [0.1, 0.15) is 17.0 Å². The predicted octanol–water partition coefficient (Wildman–Crippen LogP) is 1.96. The smallest absolute Gasteiger partial charge is 0.270 e. The summed E-state index contributed by atoms with van der Waals surface area (Å²) in [6, 6.07) is 3.90. The van der Waals surface area contributed by atoms with E-state index in [0.717, 1.165) is 35.6 Å². The van der Waals surface area contributed by atoms with E-state index in [2.05, 4.69) is 15.2 Å². The third-order valence-corrected chi connectivity index (χ3v) is 4.56. The minimum absolute atomic E-state index is 0.0987. The highest BCUT2D eigenvalue weighted by molar-refractivity contribution is 5.95. The van der Waals surface area contributed by atoms with Crippen LogP contribution in [0.3, 0.4) is 0 Å². The van der Waals surface area contributed by atoms with Crippen molar-refractivity contribution in [2.45, 2.75) is 25.8 Å². The van der Waals surface area contributed by atoms with Crippen LogP contribution < -0.4 is 5.32 Å². The third-order valence-electron chi connectivity index (χ3n) is 4.56. The summed E-state index contributed by atoms with van der Waals surface area (Å²) in [6.07, 6.45) is 4.06. The number of furan rings is 1. The summed E-state index contributed by atoms with van der Waals surface area (Å²) >= 11 is 0. The second-order valence-corrected chi connectivity index (χ2v) is 6.28.